The van der Waals surface area contributed by atoms with Crippen molar-refractivity contribution >= 4 is 5.84 Å². The SMILES string of the molecule is COc1ccc(/C(N)=N/O)cc1CNCC1(C)CCCO1. The molecule has 1 fully saturated rings. The number of nitrogens with one attached hydrogen (secondary N) is 1. The zero-order valence-electron chi connectivity index (χ0n) is 12.6. The Balaban J connectivity index is 2.03. The molecule has 1 aliphatic heterocycles. The Labute approximate surface area is 124 Å². The van der Waals surface area contributed by atoms with Crippen molar-refractivity contribution in [2.75, 3.05) is 20.3 Å². The lowest BCUT2D eigenvalue weighted by atomic mass is 10.0. The van der Waals surface area contributed by atoms with Gasteiger partial charge in [-0.05, 0) is 38.0 Å². The molecule has 1 aromatic rings. The van der Waals surface area contributed by atoms with Crippen molar-refractivity contribution in [2.45, 2.75) is 31.9 Å². The summed E-state index contributed by atoms with van der Waals surface area (Å²) < 4.78 is 11.1. The average molecular weight is 293 g/mol. The lowest BCUT2D eigenvalue weighted by molar-refractivity contribution is 0.0206. The van der Waals surface area contributed by atoms with Crippen LogP contribution in [-0.2, 0) is 11.3 Å². The van der Waals surface area contributed by atoms with E-state index in [0.29, 0.717) is 12.1 Å². The molecule has 1 unspecified atom stereocenters. The van der Waals surface area contributed by atoms with E-state index in [0.717, 1.165) is 37.3 Å². The number of rotatable bonds is 6. The van der Waals surface area contributed by atoms with Crippen molar-refractivity contribution in [3.63, 3.8) is 0 Å². The highest BCUT2D eigenvalue weighted by molar-refractivity contribution is 5.97. The van der Waals surface area contributed by atoms with Gasteiger partial charge in [0.15, 0.2) is 5.84 Å². The molecule has 21 heavy (non-hydrogen) atoms. The molecule has 0 aromatic heterocycles. The lowest BCUT2D eigenvalue weighted by Crippen LogP contribution is -2.36. The minimum Gasteiger partial charge on any atom is -0.496 e. The van der Waals surface area contributed by atoms with Crippen LogP contribution < -0.4 is 15.8 Å². The van der Waals surface area contributed by atoms with Crippen LogP contribution in [0.1, 0.15) is 30.9 Å². The zero-order chi connectivity index (χ0) is 15.3. The number of hydrogen-bond acceptors (Lipinski definition) is 5. The fraction of sp³-hybridized carbons (Fsp3) is 0.533. The van der Waals surface area contributed by atoms with Gasteiger partial charge in [-0.3, -0.25) is 0 Å². The fourth-order valence-electron chi connectivity index (χ4n) is 2.57. The number of nitrogens with zero attached hydrogens (tertiary/aromatic N) is 1. The zero-order valence-corrected chi connectivity index (χ0v) is 12.6. The average Bonchev–Trinajstić information content (AvgIpc) is 2.93. The van der Waals surface area contributed by atoms with E-state index in [4.69, 9.17) is 20.4 Å². The van der Waals surface area contributed by atoms with Crippen LogP contribution in [0.4, 0.5) is 0 Å². The van der Waals surface area contributed by atoms with Crippen LogP contribution in [0.3, 0.4) is 0 Å². The van der Waals surface area contributed by atoms with Gasteiger partial charge in [0.25, 0.3) is 0 Å². The minimum atomic E-state index is -0.0869. The lowest BCUT2D eigenvalue weighted by Gasteiger charge is -2.23. The highest BCUT2D eigenvalue weighted by atomic mass is 16.5. The molecule has 2 rings (SSSR count). The second-order valence-electron chi connectivity index (χ2n) is 5.52. The van der Waals surface area contributed by atoms with Crippen molar-refractivity contribution in [2.24, 2.45) is 10.9 Å². The van der Waals surface area contributed by atoms with Gasteiger partial charge in [0.1, 0.15) is 5.75 Å². The van der Waals surface area contributed by atoms with Crippen molar-refractivity contribution < 1.29 is 14.7 Å². The second-order valence-corrected chi connectivity index (χ2v) is 5.52. The van der Waals surface area contributed by atoms with Crippen LogP contribution >= 0.6 is 0 Å². The van der Waals surface area contributed by atoms with E-state index in [2.05, 4.69) is 17.4 Å². The topological polar surface area (TPSA) is 89.1 Å². The third-order valence-corrected chi connectivity index (χ3v) is 3.80. The molecule has 1 atom stereocenters. The Morgan fingerprint density at radius 3 is 3.00 bits per heavy atom. The predicted molar refractivity (Wildman–Crippen MR) is 80.8 cm³/mol. The van der Waals surface area contributed by atoms with Crippen LogP contribution in [0.5, 0.6) is 5.75 Å². The molecule has 6 nitrogen and oxygen atoms in total. The summed E-state index contributed by atoms with van der Waals surface area (Å²) in [5, 5.41) is 15.2. The number of amidine groups is 1. The third-order valence-electron chi connectivity index (χ3n) is 3.80. The predicted octanol–water partition coefficient (Wildman–Crippen LogP) is 1.45. The molecule has 1 heterocycles. The fourth-order valence-corrected chi connectivity index (χ4v) is 2.57. The van der Waals surface area contributed by atoms with E-state index in [-0.39, 0.29) is 11.4 Å². The van der Waals surface area contributed by atoms with Gasteiger partial charge < -0.3 is 25.7 Å². The van der Waals surface area contributed by atoms with Gasteiger partial charge in [-0.2, -0.15) is 0 Å². The van der Waals surface area contributed by atoms with Crippen LogP contribution in [0, 0.1) is 0 Å². The number of nitrogens with two attached hydrogens (primary N) is 1. The van der Waals surface area contributed by atoms with E-state index in [1.165, 1.54) is 0 Å². The summed E-state index contributed by atoms with van der Waals surface area (Å²) in [4.78, 5) is 0. The Morgan fingerprint density at radius 1 is 1.57 bits per heavy atom. The van der Waals surface area contributed by atoms with Gasteiger partial charge in [0.05, 0.1) is 12.7 Å². The Kier molecular flexibility index (Phi) is 5.03. The standard InChI is InChI=1S/C15H23N3O3/c1-15(6-3-7-21-15)10-17-9-12-8-11(14(16)18-19)4-5-13(12)20-2/h4-5,8,17,19H,3,6-7,9-10H2,1-2H3,(H2,16,18). The Hall–Kier alpha value is -1.79. The quantitative estimate of drug-likeness (QED) is 0.320. The van der Waals surface area contributed by atoms with E-state index in [9.17, 15) is 0 Å². The van der Waals surface area contributed by atoms with Gasteiger partial charge in [0.2, 0.25) is 0 Å². The van der Waals surface area contributed by atoms with Gasteiger partial charge in [0, 0.05) is 30.8 Å². The van der Waals surface area contributed by atoms with E-state index in [1.807, 2.05) is 12.1 Å². The van der Waals surface area contributed by atoms with Gasteiger partial charge in [-0.1, -0.05) is 5.16 Å². The second kappa shape index (κ2) is 6.78. The van der Waals surface area contributed by atoms with Crippen molar-refractivity contribution in [3.8, 4) is 5.75 Å². The van der Waals surface area contributed by atoms with Crippen LogP contribution in [0.25, 0.3) is 0 Å². The molecule has 0 bridgehead atoms. The molecule has 6 heteroatoms. The molecular weight excluding hydrogens is 270 g/mol. The molecule has 1 aliphatic rings. The maximum Gasteiger partial charge on any atom is 0.170 e. The summed E-state index contributed by atoms with van der Waals surface area (Å²) in [7, 11) is 1.63. The molecule has 1 saturated heterocycles. The highest BCUT2D eigenvalue weighted by Crippen LogP contribution is 2.25. The number of benzene rings is 1. The number of oxime groups is 1. The third kappa shape index (κ3) is 3.86. The van der Waals surface area contributed by atoms with Crippen LogP contribution in [0.15, 0.2) is 23.4 Å². The smallest absolute Gasteiger partial charge is 0.170 e. The summed E-state index contributed by atoms with van der Waals surface area (Å²) in [6.07, 6.45) is 2.18. The molecule has 116 valence electrons. The van der Waals surface area contributed by atoms with Gasteiger partial charge in [-0.25, -0.2) is 0 Å². The van der Waals surface area contributed by atoms with Crippen molar-refractivity contribution in [1.29, 1.82) is 0 Å². The van der Waals surface area contributed by atoms with E-state index in [1.54, 1.807) is 13.2 Å². The summed E-state index contributed by atoms with van der Waals surface area (Å²) in [6.45, 7) is 4.37. The molecule has 4 N–H and O–H groups in total. The summed E-state index contributed by atoms with van der Waals surface area (Å²) in [5.74, 6) is 0.861. The number of methoxy groups -OCH3 is 1. The first-order valence-electron chi connectivity index (χ1n) is 7.07. The normalized spacial score (nSPS) is 22.5. The molecule has 0 spiro atoms. The summed E-state index contributed by atoms with van der Waals surface area (Å²) >= 11 is 0. The van der Waals surface area contributed by atoms with Crippen molar-refractivity contribution in [1.82, 2.24) is 5.32 Å². The van der Waals surface area contributed by atoms with Gasteiger partial charge >= 0.3 is 0 Å². The summed E-state index contributed by atoms with van der Waals surface area (Å²) in [5.41, 5.74) is 7.16. The molecule has 1 aromatic carbocycles. The van der Waals surface area contributed by atoms with Crippen LogP contribution in [0.2, 0.25) is 0 Å². The molecular formula is C15H23N3O3. The summed E-state index contributed by atoms with van der Waals surface area (Å²) in [6, 6.07) is 5.44. The van der Waals surface area contributed by atoms with E-state index < -0.39 is 0 Å². The van der Waals surface area contributed by atoms with Gasteiger partial charge in [-0.15, -0.1) is 0 Å². The highest BCUT2D eigenvalue weighted by Gasteiger charge is 2.29. The minimum absolute atomic E-state index is 0.0869. The molecule has 0 saturated carbocycles. The maximum absolute atomic E-state index is 8.76. The molecule has 0 radical (unpaired) electrons. The van der Waals surface area contributed by atoms with Crippen molar-refractivity contribution in [3.05, 3.63) is 29.3 Å². The number of ether oxygens (including phenoxy) is 2. The maximum atomic E-state index is 8.76. The Morgan fingerprint density at radius 2 is 2.38 bits per heavy atom. The first-order valence-corrected chi connectivity index (χ1v) is 7.07. The molecule has 0 amide bonds. The number of hydrogen-bond donors (Lipinski definition) is 3. The monoisotopic (exact) mass is 293 g/mol. The first kappa shape index (κ1) is 15.6. The van der Waals surface area contributed by atoms with E-state index >= 15 is 0 Å². The van der Waals surface area contributed by atoms with Crippen LogP contribution in [-0.4, -0.2) is 36.9 Å². The largest absolute Gasteiger partial charge is 0.496 e. The Bertz CT molecular complexity index is 511. The molecule has 0 aliphatic carbocycles. The first-order chi connectivity index (χ1) is 10.1.